The molecule has 186 valence electrons. The van der Waals surface area contributed by atoms with E-state index in [9.17, 15) is 9.59 Å². The number of amides is 2. The van der Waals surface area contributed by atoms with Crippen LogP contribution in [0.5, 0.6) is 0 Å². The minimum absolute atomic E-state index is 0.0477. The normalized spacial score (nSPS) is 21.0. The molecule has 1 fully saturated rings. The summed E-state index contributed by atoms with van der Waals surface area (Å²) in [5.74, 6) is 0.0477. The number of nitrogens with zero attached hydrogens (tertiary/aromatic N) is 3. The van der Waals surface area contributed by atoms with Crippen molar-refractivity contribution in [1.82, 2.24) is 14.4 Å². The standard InChI is InChI=1S/C28H41N3O3/c1-6-7-11-18-30-23-15-10-9-14-21(23)22-19-28(5,25(32)29-16-12-8-13-17-29)31(20-24(22)30)26(33)34-27(2,3)4/h9-10,14-15H,6-8,11-13,16-20H2,1-5H3/t28-/m1/s1. The minimum atomic E-state index is -0.967. The van der Waals surface area contributed by atoms with Gasteiger partial charge >= 0.3 is 6.09 Å². The summed E-state index contributed by atoms with van der Waals surface area (Å²) >= 11 is 0. The maximum absolute atomic E-state index is 14.0. The number of likely N-dealkylation sites (tertiary alicyclic amines) is 1. The van der Waals surface area contributed by atoms with Crippen molar-refractivity contribution in [2.45, 2.75) is 104 Å². The zero-order valence-electron chi connectivity index (χ0n) is 21.7. The lowest BCUT2D eigenvalue weighted by Crippen LogP contribution is -2.63. The molecule has 3 heterocycles. The molecular formula is C28H41N3O3. The van der Waals surface area contributed by atoms with Gasteiger partial charge in [0.2, 0.25) is 5.91 Å². The predicted octanol–water partition coefficient (Wildman–Crippen LogP) is 5.90. The van der Waals surface area contributed by atoms with Gasteiger partial charge in [-0.05, 0) is 65.0 Å². The number of unbranched alkanes of at least 4 members (excludes halogenated alkanes) is 2. The van der Waals surface area contributed by atoms with Gasteiger partial charge in [-0.15, -0.1) is 0 Å². The number of aryl methyl sites for hydroxylation is 1. The lowest BCUT2D eigenvalue weighted by molar-refractivity contribution is -0.145. The largest absolute Gasteiger partial charge is 0.444 e. The molecule has 1 aromatic carbocycles. The summed E-state index contributed by atoms with van der Waals surface area (Å²) in [4.78, 5) is 31.2. The zero-order chi connectivity index (χ0) is 24.5. The second kappa shape index (κ2) is 9.63. The molecule has 0 spiro atoms. The molecule has 0 saturated carbocycles. The summed E-state index contributed by atoms with van der Waals surface area (Å²) in [6.45, 7) is 12.6. The first-order valence-corrected chi connectivity index (χ1v) is 13.0. The van der Waals surface area contributed by atoms with Crippen molar-refractivity contribution in [3.63, 3.8) is 0 Å². The Kier molecular flexibility index (Phi) is 6.97. The SMILES string of the molecule is CCCCCn1c2c(c3ccccc31)C[C@](C)(C(=O)N1CCCCC1)N(C(=O)OC(C)(C)C)C2. The third-order valence-electron chi connectivity index (χ3n) is 7.32. The number of carbonyl (C=O) groups is 2. The number of aromatic nitrogens is 1. The molecule has 1 aromatic heterocycles. The van der Waals surface area contributed by atoms with Crippen molar-refractivity contribution >= 4 is 22.9 Å². The Balaban J connectivity index is 1.79. The number of benzene rings is 1. The number of hydrogen-bond acceptors (Lipinski definition) is 3. The topological polar surface area (TPSA) is 54.8 Å². The van der Waals surface area contributed by atoms with Crippen LogP contribution >= 0.6 is 0 Å². The number of fused-ring (bicyclic) bond motifs is 3. The summed E-state index contributed by atoms with van der Waals surface area (Å²) in [6, 6.07) is 8.48. The van der Waals surface area contributed by atoms with Crippen LogP contribution in [0.1, 0.15) is 84.4 Å². The molecule has 2 aliphatic heterocycles. The smallest absolute Gasteiger partial charge is 0.411 e. The van der Waals surface area contributed by atoms with Crippen molar-refractivity contribution in [2.24, 2.45) is 0 Å². The number of rotatable bonds is 5. The van der Waals surface area contributed by atoms with Gasteiger partial charge in [-0.25, -0.2) is 4.79 Å². The molecule has 6 heteroatoms. The van der Waals surface area contributed by atoms with Crippen LogP contribution in [-0.2, 0) is 29.0 Å². The summed E-state index contributed by atoms with van der Waals surface area (Å²) in [5.41, 5.74) is 1.96. The van der Waals surface area contributed by atoms with Gasteiger partial charge in [0, 0.05) is 42.7 Å². The Morgan fingerprint density at radius 2 is 1.76 bits per heavy atom. The molecule has 34 heavy (non-hydrogen) atoms. The Hall–Kier alpha value is -2.50. The molecule has 0 aliphatic carbocycles. The highest BCUT2D eigenvalue weighted by Gasteiger charge is 2.50. The second-order valence-electron chi connectivity index (χ2n) is 11.2. The van der Waals surface area contributed by atoms with Gasteiger partial charge in [0.15, 0.2) is 0 Å². The van der Waals surface area contributed by atoms with E-state index >= 15 is 0 Å². The van der Waals surface area contributed by atoms with Crippen molar-refractivity contribution in [1.29, 1.82) is 0 Å². The number of piperidine rings is 1. The third-order valence-corrected chi connectivity index (χ3v) is 7.32. The van der Waals surface area contributed by atoms with Crippen LogP contribution in [0.2, 0.25) is 0 Å². The first-order valence-electron chi connectivity index (χ1n) is 13.0. The van der Waals surface area contributed by atoms with E-state index in [2.05, 4.69) is 35.8 Å². The molecule has 1 atom stereocenters. The summed E-state index contributed by atoms with van der Waals surface area (Å²) < 4.78 is 8.22. The van der Waals surface area contributed by atoms with E-state index in [1.165, 1.54) is 22.9 Å². The maximum Gasteiger partial charge on any atom is 0.411 e. The van der Waals surface area contributed by atoms with Crippen LogP contribution in [0.25, 0.3) is 10.9 Å². The lowest BCUT2D eigenvalue weighted by Gasteiger charge is -2.46. The predicted molar refractivity (Wildman–Crippen MR) is 136 cm³/mol. The number of hydrogen-bond donors (Lipinski definition) is 0. The van der Waals surface area contributed by atoms with Gasteiger partial charge < -0.3 is 14.2 Å². The van der Waals surface area contributed by atoms with E-state index in [1.807, 2.05) is 32.6 Å². The van der Waals surface area contributed by atoms with Crippen LogP contribution < -0.4 is 0 Å². The van der Waals surface area contributed by atoms with Crippen molar-refractivity contribution < 1.29 is 14.3 Å². The molecule has 0 radical (unpaired) electrons. The van der Waals surface area contributed by atoms with E-state index in [4.69, 9.17) is 4.74 Å². The molecule has 2 aliphatic rings. The highest BCUT2D eigenvalue weighted by Crippen LogP contribution is 2.39. The average Bonchev–Trinajstić information content (AvgIpc) is 3.10. The van der Waals surface area contributed by atoms with E-state index in [0.29, 0.717) is 13.0 Å². The van der Waals surface area contributed by atoms with Gasteiger partial charge in [-0.2, -0.15) is 0 Å². The lowest BCUT2D eigenvalue weighted by atomic mass is 9.84. The van der Waals surface area contributed by atoms with E-state index in [0.717, 1.165) is 57.4 Å². The average molecular weight is 468 g/mol. The molecule has 0 unspecified atom stereocenters. The minimum Gasteiger partial charge on any atom is -0.444 e. The summed E-state index contributed by atoms with van der Waals surface area (Å²) in [6.07, 6.45) is 6.74. The monoisotopic (exact) mass is 467 g/mol. The Morgan fingerprint density at radius 1 is 1.06 bits per heavy atom. The van der Waals surface area contributed by atoms with Crippen molar-refractivity contribution in [2.75, 3.05) is 13.1 Å². The van der Waals surface area contributed by atoms with Crippen LogP contribution in [0.15, 0.2) is 24.3 Å². The fourth-order valence-corrected chi connectivity index (χ4v) is 5.56. The van der Waals surface area contributed by atoms with Crippen LogP contribution in [-0.4, -0.2) is 50.6 Å². The van der Waals surface area contributed by atoms with Gasteiger partial charge in [0.25, 0.3) is 0 Å². The second-order valence-corrected chi connectivity index (χ2v) is 11.2. The molecule has 0 N–H and O–H groups in total. The number of para-hydroxylation sites is 1. The van der Waals surface area contributed by atoms with Crippen LogP contribution in [0, 0.1) is 0 Å². The first-order chi connectivity index (χ1) is 16.2. The molecular weight excluding hydrogens is 426 g/mol. The zero-order valence-corrected chi connectivity index (χ0v) is 21.7. The summed E-state index contributed by atoms with van der Waals surface area (Å²) in [5, 5.41) is 1.20. The fraction of sp³-hybridized carbons (Fsp3) is 0.643. The Bertz CT molecular complexity index is 1050. The van der Waals surface area contributed by atoms with Gasteiger partial charge in [-0.3, -0.25) is 9.69 Å². The molecule has 6 nitrogen and oxygen atoms in total. The highest BCUT2D eigenvalue weighted by molar-refractivity contribution is 5.93. The Morgan fingerprint density at radius 3 is 2.44 bits per heavy atom. The molecule has 2 amide bonds. The van der Waals surface area contributed by atoms with Crippen molar-refractivity contribution in [3.05, 3.63) is 35.5 Å². The van der Waals surface area contributed by atoms with E-state index in [1.54, 1.807) is 4.90 Å². The van der Waals surface area contributed by atoms with Gasteiger partial charge in [0.05, 0.1) is 6.54 Å². The third kappa shape index (κ3) is 4.69. The molecule has 4 rings (SSSR count). The van der Waals surface area contributed by atoms with Crippen molar-refractivity contribution in [3.8, 4) is 0 Å². The molecule has 0 bridgehead atoms. The first kappa shape index (κ1) is 24.6. The number of carbonyl (C=O) groups excluding carboxylic acids is 2. The van der Waals surface area contributed by atoms with Gasteiger partial charge in [0.1, 0.15) is 11.1 Å². The maximum atomic E-state index is 14.0. The Labute approximate surface area is 204 Å². The van der Waals surface area contributed by atoms with E-state index in [-0.39, 0.29) is 5.91 Å². The fourth-order valence-electron chi connectivity index (χ4n) is 5.56. The highest BCUT2D eigenvalue weighted by atomic mass is 16.6. The molecule has 2 aromatic rings. The quantitative estimate of drug-likeness (QED) is 0.515. The van der Waals surface area contributed by atoms with Crippen LogP contribution in [0.4, 0.5) is 4.79 Å². The molecule has 1 saturated heterocycles. The van der Waals surface area contributed by atoms with E-state index < -0.39 is 17.2 Å². The van der Waals surface area contributed by atoms with Crippen LogP contribution in [0.3, 0.4) is 0 Å². The van der Waals surface area contributed by atoms with Gasteiger partial charge in [-0.1, -0.05) is 38.0 Å². The summed E-state index contributed by atoms with van der Waals surface area (Å²) in [7, 11) is 0. The number of ether oxygens (including phenoxy) is 1.